The Morgan fingerprint density at radius 1 is 1.21 bits per heavy atom. The van der Waals surface area contributed by atoms with Crippen LogP contribution in [0.2, 0.25) is 0 Å². The van der Waals surface area contributed by atoms with E-state index in [-0.39, 0.29) is 29.7 Å². The van der Waals surface area contributed by atoms with Crippen molar-refractivity contribution in [2.45, 2.75) is 37.6 Å². The van der Waals surface area contributed by atoms with E-state index >= 15 is 0 Å². The lowest BCUT2D eigenvalue weighted by atomic mass is 10.2. The Kier molecular flexibility index (Phi) is 7.71. The summed E-state index contributed by atoms with van der Waals surface area (Å²) in [5.74, 6) is -1.59. The van der Waals surface area contributed by atoms with Crippen molar-refractivity contribution < 1.29 is 32.3 Å². The van der Waals surface area contributed by atoms with Gasteiger partial charge in [-0.05, 0) is 32.4 Å². The Hall–Kier alpha value is -2.95. The largest absolute Gasteiger partial charge is 0.466 e. The number of hydrogen-bond donors (Lipinski definition) is 2. The van der Waals surface area contributed by atoms with Crippen LogP contribution < -0.4 is 10.0 Å². The molecule has 0 aliphatic carbocycles. The van der Waals surface area contributed by atoms with Gasteiger partial charge >= 0.3 is 11.9 Å². The third kappa shape index (κ3) is 6.28. The van der Waals surface area contributed by atoms with E-state index in [4.69, 9.17) is 9.47 Å². The third-order valence-electron chi connectivity index (χ3n) is 3.86. The molecule has 158 valence electrons. The standard InChI is InChI=1S/C18H23N3O7S/c1-3-27-16(23)9-6-10-19-15(22)11-28-18(24)12(2)20-17-13-7-4-5-8-14(13)29(25,26)21-17/h4-5,7-8,12H,3,6,9-11H2,1-2H3,(H,19,22)(H,20,21). The van der Waals surface area contributed by atoms with Crippen molar-refractivity contribution >= 4 is 33.7 Å². The van der Waals surface area contributed by atoms with Gasteiger partial charge in [-0.15, -0.1) is 0 Å². The van der Waals surface area contributed by atoms with E-state index in [1.54, 1.807) is 25.1 Å². The minimum Gasteiger partial charge on any atom is -0.466 e. The molecule has 0 saturated heterocycles. The van der Waals surface area contributed by atoms with Crippen molar-refractivity contribution in [2.24, 2.45) is 4.99 Å². The van der Waals surface area contributed by atoms with Crippen molar-refractivity contribution in [1.29, 1.82) is 0 Å². The van der Waals surface area contributed by atoms with E-state index in [9.17, 15) is 22.8 Å². The molecule has 1 aliphatic rings. The van der Waals surface area contributed by atoms with E-state index in [0.717, 1.165) is 0 Å². The Bertz CT molecular complexity index is 912. The molecule has 1 atom stereocenters. The molecular formula is C18H23N3O7S. The van der Waals surface area contributed by atoms with Crippen LogP contribution in [0.25, 0.3) is 0 Å². The van der Waals surface area contributed by atoms with E-state index in [1.807, 2.05) is 0 Å². The van der Waals surface area contributed by atoms with Gasteiger partial charge in [0, 0.05) is 18.5 Å². The first-order valence-corrected chi connectivity index (χ1v) is 10.5. The summed E-state index contributed by atoms with van der Waals surface area (Å²) in [6, 6.07) is 5.24. The lowest BCUT2D eigenvalue weighted by Crippen LogP contribution is -2.32. The Balaban J connectivity index is 1.81. The number of amides is 1. The molecule has 1 aliphatic heterocycles. The first-order valence-electron chi connectivity index (χ1n) is 9.03. The third-order valence-corrected chi connectivity index (χ3v) is 5.25. The van der Waals surface area contributed by atoms with Crippen molar-refractivity contribution in [3.8, 4) is 0 Å². The summed E-state index contributed by atoms with van der Waals surface area (Å²) in [5, 5.41) is 2.52. The minimum absolute atomic E-state index is 0.0495. The second-order valence-electron chi connectivity index (χ2n) is 6.12. The molecule has 1 aromatic carbocycles. The van der Waals surface area contributed by atoms with Crippen LogP contribution in [0.1, 0.15) is 32.3 Å². The Morgan fingerprint density at radius 2 is 1.93 bits per heavy atom. The van der Waals surface area contributed by atoms with Gasteiger partial charge in [0.1, 0.15) is 11.9 Å². The van der Waals surface area contributed by atoms with E-state index < -0.39 is 34.5 Å². The van der Waals surface area contributed by atoms with Gasteiger partial charge in [0.05, 0.1) is 11.5 Å². The number of benzene rings is 1. The molecule has 2 N–H and O–H groups in total. The summed E-state index contributed by atoms with van der Waals surface area (Å²) < 4.78 is 36.1. The van der Waals surface area contributed by atoms with Crippen LogP contribution in [0.5, 0.6) is 0 Å². The van der Waals surface area contributed by atoms with Crippen LogP contribution in [-0.2, 0) is 33.9 Å². The average Bonchev–Trinajstić information content (AvgIpc) is 2.94. The normalized spacial score (nSPS) is 16.4. The highest BCUT2D eigenvalue weighted by Crippen LogP contribution is 2.22. The SMILES string of the molecule is CCOC(=O)CCCNC(=O)COC(=O)C(C)N=C1NS(=O)(=O)c2ccccc21. The number of nitrogens with one attached hydrogen (secondary N) is 2. The van der Waals surface area contributed by atoms with E-state index in [1.165, 1.54) is 13.0 Å². The number of carbonyl (C=O) groups excluding carboxylic acids is 3. The van der Waals surface area contributed by atoms with Gasteiger partial charge in [-0.2, -0.15) is 0 Å². The van der Waals surface area contributed by atoms with Gasteiger partial charge in [-0.25, -0.2) is 13.2 Å². The van der Waals surface area contributed by atoms with Crippen LogP contribution in [0.4, 0.5) is 0 Å². The van der Waals surface area contributed by atoms with E-state index in [2.05, 4.69) is 15.0 Å². The van der Waals surface area contributed by atoms with Crippen LogP contribution in [0.15, 0.2) is 34.2 Å². The summed E-state index contributed by atoms with van der Waals surface area (Å²) >= 11 is 0. The molecule has 29 heavy (non-hydrogen) atoms. The molecule has 1 amide bonds. The molecule has 2 rings (SSSR count). The zero-order chi connectivity index (χ0) is 21.4. The number of aliphatic imine (C=N–C) groups is 1. The summed E-state index contributed by atoms with van der Waals surface area (Å²) in [6.45, 7) is 3.18. The Labute approximate surface area is 168 Å². The summed E-state index contributed by atoms with van der Waals surface area (Å²) in [4.78, 5) is 39.1. The molecule has 10 nitrogen and oxygen atoms in total. The quantitative estimate of drug-likeness (QED) is 0.423. The number of rotatable bonds is 9. The second-order valence-corrected chi connectivity index (χ2v) is 7.77. The molecule has 11 heteroatoms. The highest BCUT2D eigenvalue weighted by molar-refractivity contribution is 7.90. The van der Waals surface area contributed by atoms with Crippen molar-refractivity contribution in [3.63, 3.8) is 0 Å². The number of esters is 2. The molecular weight excluding hydrogens is 402 g/mol. The monoisotopic (exact) mass is 425 g/mol. The van der Waals surface area contributed by atoms with Gasteiger partial charge in [0.15, 0.2) is 6.61 Å². The predicted octanol–water partition coefficient (Wildman–Crippen LogP) is 0.116. The van der Waals surface area contributed by atoms with E-state index in [0.29, 0.717) is 18.6 Å². The summed E-state index contributed by atoms with van der Waals surface area (Å²) in [5.41, 5.74) is 0.367. The molecule has 1 unspecified atom stereocenters. The number of amidine groups is 1. The maximum Gasteiger partial charge on any atom is 0.331 e. The zero-order valence-electron chi connectivity index (χ0n) is 16.1. The molecule has 0 spiro atoms. The van der Waals surface area contributed by atoms with Gasteiger partial charge in [-0.1, -0.05) is 12.1 Å². The topological polar surface area (TPSA) is 140 Å². The van der Waals surface area contributed by atoms with Gasteiger partial charge in [0.25, 0.3) is 15.9 Å². The highest BCUT2D eigenvalue weighted by Gasteiger charge is 2.31. The number of ether oxygens (including phenoxy) is 2. The molecule has 1 aromatic rings. The fraction of sp³-hybridized carbons (Fsp3) is 0.444. The summed E-state index contributed by atoms with van der Waals surface area (Å²) in [6.07, 6.45) is 0.585. The Morgan fingerprint density at radius 3 is 2.66 bits per heavy atom. The fourth-order valence-corrected chi connectivity index (χ4v) is 3.72. The lowest BCUT2D eigenvalue weighted by Gasteiger charge is -2.09. The number of carbonyl (C=O) groups is 3. The molecule has 0 radical (unpaired) electrons. The maximum absolute atomic E-state index is 12.1. The van der Waals surface area contributed by atoms with Crippen LogP contribution in [0.3, 0.4) is 0 Å². The van der Waals surface area contributed by atoms with Gasteiger partial charge < -0.3 is 14.8 Å². The number of nitrogens with zero attached hydrogens (tertiary/aromatic N) is 1. The maximum atomic E-state index is 12.1. The smallest absolute Gasteiger partial charge is 0.331 e. The zero-order valence-corrected chi connectivity index (χ0v) is 17.0. The first-order chi connectivity index (χ1) is 13.7. The fourth-order valence-electron chi connectivity index (χ4n) is 2.48. The van der Waals surface area contributed by atoms with Crippen LogP contribution in [-0.4, -0.2) is 57.9 Å². The van der Waals surface area contributed by atoms with Crippen molar-refractivity contribution in [2.75, 3.05) is 19.8 Å². The lowest BCUT2D eigenvalue weighted by molar-refractivity contribution is -0.149. The van der Waals surface area contributed by atoms with Crippen molar-refractivity contribution in [1.82, 2.24) is 10.0 Å². The van der Waals surface area contributed by atoms with Crippen molar-refractivity contribution in [3.05, 3.63) is 29.8 Å². The summed E-state index contributed by atoms with van der Waals surface area (Å²) in [7, 11) is -3.70. The van der Waals surface area contributed by atoms with Gasteiger partial charge in [-0.3, -0.25) is 19.3 Å². The number of fused-ring (bicyclic) bond motifs is 1. The number of hydrogen-bond acceptors (Lipinski definition) is 8. The van der Waals surface area contributed by atoms with Crippen LogP contribution >= 0.6 is 0 Å². The predicted molar refractivity (Wildman–Crippen MR) is 103 cm³/mol. The van der Waals surface area contributed by atoms with Crippen LogP contribution in [0, 0.1) is 0 Å². The minimum atomic E-state index is -3.70. The van der Waals surface area contributed by atoms with Gasteiger partial charge in [0.2, 0.25) is 0 Å². The molecule has 0 bridgehead atoms. The first kappa shape index (κ1) is 22.3. The molecule has 0 saturated carbocycles. The average molecular weight is 425 g/mol. The molecule has 0 fully saturated rings. The molecule has 1 heterocycles. The highest BCUT2D eigenvalue weighted by atomic mass is 32.2. The number of sulfonamides is 1. The molecule has 0 aromatic heterocycles. The second kappa shape index (κ2) is 10.0.